The number of nitrogens with one attached hydrogen (secondary N) is 1. The predicted molar refractivity (Wildman–Crippen MR) is 90.1 cm³/mol. The molecule has 5 heteroatoms. The van der Waals surface area contributed by atoms with Crippen molar-refractivity contribution >= 4 is 21.6 Å². The predicted octanol–water partition coefficient (Wildman–Crippen LogP) is 2.69. The SMILES string of the molecule is c1cncc(C(c2nc3ccccc3s2)N2CCNCC2)c1. The van der Waals surface area contributed by atoms with Crippen molar-refractivity contribution in [3.8, 4) is 0 Å². The highest BCUT2D eigenvalue weighted by Gasteiger charge is 2.26. The Morgan fingerprint density at radius 2 is 1.95 bits per heavy atom. The molecule has 1 aromatic carbocycles. The third-order valence-corrected chi connectivity index (χ3v) is 5.15. The van der Waals surface area contributed by atoms with Crippen LogP contribution in [0, 0.1) is 0 Å². The third kappa shape index (κ3) is 2.63. The number of fused-ring (bicyclic) bond motifs is 1. The number of benzene rings is 1. The summed E-state index contributed by atoms with van der Waals surface area (Å²) in [5.41, 5.74) is 2.31. The molecule has 1 saturated heterocycles. The second-order valence-corrected chi connectivity index (χ2v) is 6.56. The summed E-state index contributed by atoms with van der Waals surface area (Å²) in [6, 6.07) is 12.7. The van der Waals surface area contributed by atoms with Crippen molar-refractivity contribution in [1.29, 1.82) is 0 Å². The van der Waals surface area contributed by atoms with Crippen LogP contribution in [0.15, 0.2) is 48.8 Å². The highest BCUT2D eigenvalue weighted by Crippen LogP contribution is 2.34. The van der Waals surface area contributed by atoms with Gasteiger partial charge in [-0.3, -0.25) is 9.88 Å². The van der Waals surface area contributed by atoms with Crippen LogP contribution < -0.4 is 5.32 Å². The lowest BCUT2D eigenvalue weighted by atomic mass is 10.1. The maximum absolute atomic E-state index is 4.89. The normalized spacial score (nSPS) is 17.6. The zero-order valence-electron chi connectivity index (χ0n) is 12.3. The van der Waals surface area contributed by atoms with Crippen molar-refractivity contribution in [1.82, 2.24) is 20.2 Å². The first-order valence-electron chi connectivity index (χ1n) is 7.62. The minimum absolute atomic E-state index is 0.202. The van der Waals surface area contributed by atoms with Gasteiger partial charge in [-0.1, -0.05) is 18.2 Å². The lowest BCUT2D eigenvalue weighted by Gasteiger charge is -2.33. The van der Waals surface area contributed by atoms with Gasteiger partial charge in [0.1, 0.15) is 5.01 Å². The number of para-hydroxylation sites is 1. The van der Waals surface area contributed by atoms with Gasteiger partial charge in [0.05, 0.1) is 16.3 Å². The van der Waals surface area contributed by atoms with Crippen LogP contribution in [0.25, 0.3) is 10.2 Å². The first kappa shape index (κ1) is 13.8. The van der Waals surface area contributed by atoms with Gasteiger partial charge in [0.15, 0.2) is 0 Å². The van der Waals surface area contributed by atoms with E-state index in [0.29, 0.717) is 0 Å². The number of hydrogen-bond donors (Lipinski definition) is 1. The van der Waals surface area contributed by atoms with Crippen LogP contribution >= 0.6 is 11.3 Å². The molecular weight excluding hydrogens is 292 g/mol. The Morgan fingerprint density at radius 3 is 2.73 bits per heavy atom. The molecule has 0 bridgehead atoms. The summed E-state index contributed by atoms with van der Waals surface area (Å²) in [4.78, 5) is 11.7. The first-order chi connectivity index (χ1) is 10.9. The van der Waals surface area contributed by atoms with Gasteiger partial charge in [0, 0.05) is 38.6 Å². The van der Waals surface area contributed by atoms with Gasteiger partial charge in [-0.05, 0) is 23.8 Å². The van der Waals surface area contributed by atoms with Gasteiger partial charge in [-0.15, -0.1) is 11.3 Å². The number of piperazine rings is 1. The van der Waals surface area contributed by atoms with E-state index in [9.17, 15) is 0 Å². The van der Waals surface area contributed by atoms with Gasteiger partial charge in [-0.2, -0.15) is 0 Å². The average molecular weight is 310 g/mol. The second-order valence-electron chi connectivity index (χ2n) is 5.49. The molecule has 4 rings (SSSR count). The van der Waals surface area contributed by atoms with Crippen LogP contribution in [0.3, 0.4) is 0 Å². The summed E-state index contributed by atoms with van der Waals surface area (Å²) >= 11 is 1.79. The average Bonchev–Trinajstić information content (AvgIpc) is 3.00. The van der Waals surface area contributed by atoms with Gasteiger partial charge < -0.3 is 5.32 Å². The number of nitrogens with zero attached hydrogens (tertiary/aromatic N) is 3. The van der Waals surface area contributed by atoms with E-state index in [1.807, 2.05) is 18.5 Å². The van der Waals surface area contributed by atoms with Gasteiger partial charge in [0.2, 0.25) is 0 Å². The summed E-state index contributed by atoms with van der Waals surface area (Å²) in [5, 5.41) is 4.59. The maximum Gasteiger partial charge on any atom is 0.116 e. The molecule has 0 spiro atoms. The largest absolute Gasteiger partial charge is 0.314 e. The molecule has 3 heterocycles. The molecule has 22 heavy (non-hydrogen) atoms. The monoisotopic (exact) mass is 310 g/mol. The number of rotatable bonds is 3. The Labute approximate surface area is 133 Å². The fourth-order valence-electron chi connectivity index (χ4n) is 2.99. The zero-order valence-corrected chi connectivity index (χ0v) is 13.1. The first-order valence-corrected chi connectivity index (χ1v) is 8.43. The summed E-state index contributed by atoms with van der Waals surface area (Å²) in [7, 11) is 0. The van der Waals surface area contributed by atoms with E-state index >= 15 is 0 Å². The van der Waals surface area contributed by atoms with Crippen molar-refractivity contribution in [2.75, 3.05) is 26.2 Å². The van der Waals surface area contributed by atoms with Gasteiger partial charge in [0.25, 0.3) is 0 Å². The molecule has 4 nitrogen and oxygen atoms in total. The molecule has 1 atom stereocenters. The molecule has 2 aromatic heterocycles. The summed E-state index contributed by atoms with van der Waals surface area (Å²) in [5.74, 6) is 0. The van der Waals surface area contributed by atoms with Crippen molar-refractivity contribution in [2.24, 2.45) is 0 Å². The Kier molecular flexibility index (Phi) is 3.84. The van der Waals surface area contributed by atoms with E-state index < -0.39 is 0 Å². The van der Waals surface area contributed by atoms with Crippen LogP contribution in [-0.4, -0.2) is 41.0 Å². The van der Waals surface area contributed by atoms with Crippen LogP contribution in [0.2, 0.25) is 0 Å². The quantitative estimate of drug-likeness (QED) is 0.807. The molecule has 1 aliphatic heterocycles. The Hall–Kier alpha value is -1.82. The van der Waals surface area contributed by atoms with Crippen molar-refractivity contribution in [3.63, 3.8) is 0 Å². The van der Waals surface area contributed by atoms with E-state index in [0.717, 1.165) is 36.7 Å². The fourth-order valence-corrected chi connectivity index (χ4v) is 4.13. The third-order valence-electron chi connectivity index (χ3n) is 4.06. The van der Waals surface area contributed by atoms with Crippen LogP contribution in [0.5, 0.6) is 0 Å². The molecule has 1 aliphatic rings. The van der Waals surface area contributed by atoms with Gasteiger partial charge >= 0.3 is 0 Å². The maximum atomic E-state index is 4.89. The molecule has 0 aliphatic carbocycles. The Bertz CT molecular complexity index is 716. The summed E-state index contributed by atoms with van der Waals surface area (Å²) in [6.45, 7) is 4.13. The molecule has 112 valence electrons. The smallest absolute Gasteiger partial charge is 0.116 e. The van der Waals surface area contributed by atoms with Crippen molar-refractivity contribution in [3.05, 3.63) is 59.4 Å². The molecule has 0 radical (unpaired) electrons. The molecule has 0 saturated carbocycles. The van der Waals surface area contributed by atoms with Crippen molar-refractivity contribution in [2.45, 2.75) is 6.04 Å². The van der Waals surface area contributed by atoms with Crippen LogP contribution in [0.4, 0.5) is 0 Å². The molecule has 3 aromatic rings. The van der Waals surface area contributed by atoms with E-state index in [2.05, 4.69) is 45.5 Å². The van der Waals surface area contributed by atoms with E-state index in [4.69, 9.17) is 4.98 Å². The topological polar surface area (TPSA) is 41.1 Å². The molecular formula is C17H18N4S. The van der Waals surface area contributed by atoms with Crippen LogP contribution in [-0.2, 0) is 0 Å². The molecule has 0 amide bonds. The highest BCUT2D eigenvalue weighted by molar-refractivity contribution is 7.18. The minimum atomic E-state index is 0.202. The second kappa shape index (κ2) is 6.12. The van der Waals surface area contributed by atoms with E-state index in [1.54, 1.807) is 11.3 Å². The van der Waals surface area contributed by atoms with Gasteiger partial charge in [-0.25, -0.2) is 4.98 Å². The molecule has 1 fully saturated rings. The molecule has 1 N–H and O–H groups in total. The summed E-state index contributed by atoms with van der Waals surface area (Å²) in [6.07, 6.45) is 3.80. The minimum Gasteiger partial charge on any atom is -0.314 e. The highest BCUT2D eigenvalue weighted by atomic mass is 32.1. The molecule has 1 unspecified atom stereocenters. The number of pyridine rings is 1. The zero-order chi connectivity index (χ0) is 14.8. The van der Waals surface area contributed by atoms with Crippen LogP contribution in [0.1, 0.15) is 16.6 Å². The lowest BCUT2D eigenvalue weighted by Crippen LogP contribution is -2.45. The lowest BCUT2D eigenvalue weighted by molar-refractivity contribution is 0.198. The number of thiazole rings is 1. The number of aromatic nitrogens is 2. The Balaban J connectivity index is 1.78. The van der Waals surface area contributed by atoms with E-state index in [1.165, 1.54) is 10.3 Å². The van der Waals surface area contributed by atoms with E-state index in [-0.39, 0.29) is 6.04 Å². The van der Waals surface area contributed by atoms with Crippen molar-refractivity contribution < 1.29 is 0 Å². The standard InChI is InChI=1S/C17H18N4S/c1-2-6-15-14(5-1)20-17(22-15)16(13-4-3-7-19-12-13)21-10-8-18-9-11-21/h1-7,12,16,18H,8-11H2. The number of hydrogen-bond acceptors (Lipinski definition) is 5. The Morgan fingerprint density at radius 1 is 1.09 bits per heavy atom. The fraction of sp³-hybridized carbons (Fsp3) is 0.294. The summed E-state index contributed by atoms with van der Waals surface area (Å²) < 4.78 is 1.25.